The Morgan fingerprint density at radius 1 is 0.750 bits per heavy atom. The van der Waals surface area contributed by atoms with E-state index in [9.17, 15) is 0 Å². The maximum absolute atomic E-state index is 5.31. The summed E-state index contributed by atoms with van der Waals surface area (Å²) in [5, 5.41) is 0. The number of alkyl halides is 4. The molecule has 0 saturated heterocycles. The van der Waals surface area contributed by atoms with Crippen molar-refractivity contribution in [1.82, 2.24) is 0 Å². The van der Waals surface area contributed by atoms with Gasteiger partial charge in [0.25, 0.3) is 0 Å². The standard InChI is InChI=1S/C2H2Cl4S2/c3-1(4)7-8-2(5)6/h1-2H. The van der Waals surface area contributed by atoms with Gasteiger partial charge in [0, 0.05) is 0 Å². The summed E-state index contributed by atoms with van der Waals surface area (Å²) in [6.07, 6.45) is 0. The minimum absolute atomic E-state index is 0.458. The molecule has 0 radical (unpaired) electrons. The predicted molar refractivity (Wildman–Crippen MR) is 46.2 cm³/mol. The Morgan fingerprint density at radius 3 is 1.12 bits per heavy atom. The summed E-state index contributed by atoms with van der Waals surface area (Å²) in [4.78, 5) is 0. The van der Waals surface area contributed by atoms with E-state index in [-0.39, 0.29) is 0 Å². The molecule has 0 fully saturated rings. The minimum atomic E-state index is -0.458. The number of hydrogen-bond acceptors (Lipinski definition) is 2. The van der Waals surface area contributed by atoms with Crippen molar-refractivity contribution in [2.75, 3.05) is 0 Å². The van der Waals surface area contributed by atoms with Gasteiger partial charge < -0.3 is 0 Å². The van der Waals surface area contributed by atoms with Crippen molar-refractivity contribution in [3.63, 3.8) is 0 Å². The molecule has 0 saturated carbocycles. The fraction of sp³-hybridized carbons (Fsp3) is 1.00. The molecule has 0 aromatic rings. The van der Waals surface area contributed by atoms with Crippen LogP contribution < -0.4 is 0 Å². The summed E-state index contributed by atoms with van der Waals surface area (Å²) in [5.74, 6) is 0. The first-order valence-electron chi connectivity index (χ1n) is 1.51. The van der Waals surface area contributed by atoms with Crippen molar-refractivity contribution in [3.8, 4) is 0 Å². The van der Waals surface area contributed by atoms with Crippen molar-refractivity contribution < 1.29 is 0 Å². The molecular weight excluding hydrogens is 230 g/mol. The Kier molecular flexibility index (Phi) is 6.94. The zero-order chi connectivity index (χ0) is 6.57. The van der Waals surface area contributed by atoms with E-state index in [1.165, 1.54) is 21.6 Å². The van der Waals surface area contributed by atoms with Crippen LogP contribution >= 0.6 is 68.0 Å². The number of hydrogen-bond donors (Lipinski definition) is 0. The molecule has 0 aliphatic carbocycles. The van der Waals surface area contributed by atoms with Crippen molar-refractivity contribution >= 4 is 68.0 Å². The summed E-state index contributed by atoms with van der Waals surface area (Å²) < 4.78 is -0.917. The second-order valence-corrected chi connectivity index (χ2v) is 6.42. The van der Waals surface area contributed by atoms with Crippen LogP contribution in [0.2, 0.25) is 0 Å². The molecule has 0 aliphatic heterocycles. The Hall–Kier alpha value is 1.86. The van der Waals surface area contributed by atoms with Gasteiger partial charge >= 0.3 is 0 Å². The van der Waals surface area contributed by atoms with Crippen molar-refractivity contribution in [3.05, 3.63) is 0 Å². The third kappa shape index (κ3) is 7.86. The first-order chi connectivity index (χ1) is 3.63. The fourth-order valence-electron chi connectivity index (χ4n) is 0.0840. The van der Waals surface area contributed by atoms with E-state index in [2.05, 4.69) is 0 Å². The van der Waals surface area contributed by atoms with E-state index >= 15 is 0 Å². The molecule has 0 N–H and O–H groups in total. The van der Waals surface area contributed by atoms with Gasteiger partial charge in [-0.05, 0) is 0 Å². The molecule has 8 heavy (non-hydrogen) atoms. The van der Waals surface area contributed by atoms with Crippen molar-refractivity contribution in [2.45, 2.75) is 8.34 Å². The van der Waals surface area contributed by atoms with Gasteiger partial charge in [0.2, 0.25) is 0 Å². The summed E-state index contributed by atoms with van der Waals surface area (Å²) >= 11 is 21.2. The first-order valence-corrected chi connectivity index (χ1v) is 5.53. The monoisotopic (exact) mass is 230 g/mol. The molecule has 50 valence electrons. The highest BCUT2D eigenvalue weighted by molar-refractivity contribution is 8.78. The molecule has 6 heteroatoms. The molecule has 0 aliphatic rings. The summed E-state index contributed by atoms with van der Waals surface area (Å²) in [6, 6.07) is 0. The maximum atomic E-state index is 5.31. The summed E-state index contributed by atoms with van der Waals surface area (Å²) in [5.41, 5.74) is 0. The largest absolute Gasteiger partial charge is 0.162 e. The van der Waals surface area contributed by atoms with Crippen LogP contribution in [-0.2, 0) is 0 Å². The molecule has 0 nitrogen and oxygen atoms in total. The van der Waals surface area contributed by atoms with Gasteiger partial charge in [-0.25, -0.2) is 0 Å². The van der Waals surface area contributed by atoms with Gasteiger partial charge in [-0.2, -0.15) is 0 Å². The van der Waals surface area contributed by atoms with Crippen LogP contribution in [0.4, 0.5) is 0 Å². The van der Waals surface area contributed by atoms with Crippen molar-refractivity contribution in [1.29, 1.82) is 0 Å². The Labute approximate surface area is 76.0 Å². The lowest BCUT2D eigenvalue weighted by Gasteiger charge is -1.98. The SMILES string of the molecule is ClC(Cl)SSC(Cl)Cl. The average Bonchev–Trinajstić information content (AvgIpc) is 1.61. The van der Waals surface area contributed by atoms with E-state index < -0.39 is 8.34 Å². The van der Waals surface area contributed by atoms with Crippen LogP contribution in [0.1, 0.15) is 0 Å². The van der Waals surface area contributed by atoms with Crippen LogP contribution in [-0.4, -0.2) is 8.34 Å². The van der Waals surface area contributed by atoms with Gasteiger partial charge in [-0.3, -0.25) is 0 Å². The number of halogens is 4. The molecule has 0 atom stereocenters. The molecule has 0 heterocycles. The van der Waals surface area contributed by atoms with Crippen LogP contribution in [0.5, 0.6) is 0 Å². The highest BCUT2D eigenvalue weighted by Crippen LogP contribution is 2.37. The first kappa shape index (κ1) is 9.86. The Balaban J connectivity index is 2.93. The molecule has 0 unspecified atom stereocenters. The molecule has 0 bridgehead atoms. The quantitative estimate of drug-likeness (QED) is 0.534. The van der Waals surface area contributed by atoms with Crippen LogP contribution in [0.15, 0.2) is 0 Å². The zero-order valence-electron chi connectivity index (χ0n) is 3.48. The second kappa shape index (κ2) is 5.63. The lowest BCUT2D eigenvalue weighted by molar-refractivity contribution is 2.00. The van der Waals surface area contributed by atoms with E-state index in [0.29, 0.717) is 0 Å². The Morgan fingerprint density at radius 2 is 1.00 bits per heavy atom. The van der Waals surface area contributed by atoms with Gasteiger partial charge in [-0.15, -0.1) is 0 Å². The Bertz CT molecular complexity index is 48.0. The van der Waals surface area contributed by atoms with Gasteiger partial charge in [0.1, 0.15) is 0 Å². The summed E-state index contributed by atoms with van der Waals surface area (Å²) in [6.45, 7) is 0. The van der Waals surface area contributed by atoms with Gasteiger partial charge in [-0.1, -0.05) is 68.0 Å². The zero-order valence-corrected chi connectivity index (χ0v) is 8.14. The lowest BCUT2D eigenvalue weighted by atomic mass is 11.9. The molecule has 0 rings (SSSR count). The molecular formula is C2H2Cl4S2. The predicted octanol–water partition coefficient (Wildman–Crippen LogP) is 3.89. The van der Waals surface area contributed by atoms with Crippen molar-refractivity contribution in [2.24, 2.45) is 0 Å². The van der Waals surface area contributed by atoms with E-state index in [1.807, 2.05) is 0 Å². The third-order valence-electron chi connectivity index (χ3n) is 0.201. The molecule has 0 aromatic carbocycles. The van der Waals surface area contributed by atoms with E-state index in [4.69, 9.17) is 46.4 Å². The normalized spacial score (nSPS) is 11.2. The van der Waals surface area contributed by atoms with Crippen LogP contribution in [0.25, 0.3) is 0 Å². The smallest absolute Gasteiger partial charge is 0.0923 e. The maximum Gasteiger partial charge on any atom is 0.162 e. The number of rotatable bonds is 3. The van der Waals surface area contributed by atoms with Crippen LogP contribution in [0, 0.1) is 0 Å². The van der Waals surface area contributed by atoms with Crippen LogP contribution in [0.3, 0.4) is 0 Å². The second-order valence-electron chi connectivity index (χ2n) is 0.714. The lowest BCUT2D eigenvalue weighted by Crippen LogP contribution is -1.74. The van der Waals surface area contributed by atoms with Gasteiger partial charge in [0.15, 0.2) is 8.34 Å². The van der Waals surface area contributed by atoms with E-state index in [1.54, 1.807) is 0 Å². The minimum Gasteiger partial charge on any atom is -0.0923 e. The molecule has 0 spiro atoms. The topological polar surface area (TPSA) is 0 Å². The summed E-state index contributed by atoms with van der Waals surface area (Å²) in [7, 11) is 2.45. The fourth-order valence-corrected chi connectivity index (χ4v) is 2.27. The molecule has 0 amide bonds. The highest BCUT2D eigenvalue weighted by Gasteiger charge is 2.03. The highest BCUT2D eigenvalue weighted by atomic mass is 35.5. The van der Waals surface area contributed by atoms with Gasteiger partial charge in [0.05, 0.1) is 0 Å². The molecule has 0 aromatic heterocycles. The third-order valence-corrected chi connectivity index (χ3v) is 4.43. The van der Waals surface area contributed by atoms with E-state index in [0.717, 1.165) is 0 Å². The average molecular weight is 232 g/mol.